The summed E-state index contributed by atoms with van der Waals surface area (Å²) in [7, 11) is 1.68. The number of aromatic nitrogens is 4. The summed E-state index contributed by atoms with van der Waals surface area (Å²) < 4.78 is 1.49. The lowest BCUT2D eigenvalue weighted by Crippen LogP contribution is -2.17. The third-order valence-corrected chi connectivity index (χ3v) is 4.31. The smallest absolute Gasteiger partial charge is 0.261 e. The highest BCUT2D eigenvalue weighted by Gasteiger charge is 2.12. The molecule has 9 heteroatoms. The van der Waals surface area contributed by atoms with Crippen LogP contribution < -0.4 is 21.9 Å². The number of nitrogens with one attached hydrogen (secondary N) is 2. The molecule has 4 N–H and O–H groups in total. The zero-order valence-corrected chi connectivity index (χ0v) is 15.5. The van der Waals surface area contributed by atoms with Gasteiger partial charge in [0.25, 0.3) is 5.56 Å². The molecule has 0 aliphatic heterocycles. The van der Waals surface area contributed by atoms with Crippen LogP contribution in [0.1, 0.15) is 10.4 Å². The van der Waals surface area contributed by atoms with Gasteiger partial charge in [-0.2, -0.15) is 0 Å². The van der Waals surface area contributed by atoms with Crippen LogP contribution >= 0.6 is 0 Å². The first kappa shape index (κ1) is 18.1. The lowest BCUT2D eigenvalue weighted by atomic mass is 10.1. The number of nitrogens with zero attached hydrogens (tertiary/aromatic N) is 4. The van der Waals surface area contributed by atoms with Gasteiger partial charge in [0.1, 0.15) is 17.5 Å². The number of hydrogen-bond donors (Lipinski definition) is 3. The molecule has 4 aromatic rings. The first-order valence-corrected chi connectivity index (χ1v) is 8.71. The van der Waals surface area contributed by atoms with Gasteiger partial charge in [-0.1, -0.05) is 0 Å². The van der Waals surface area contributed by atoms with E-state index in [9.17, 15) is 9.59 Å². The topological polar surface area (TPSA) is 128 Å². The second kappa shape index (κ2) is 7.39. The molecule has 0 fully saturated rings. The molecule has 0 aliphatic rings. The van der Waals surface area contributed by atoms with Gasteiger partial charge in [0.15, 0.2) is 0 Å². The lowest BCUT2D eigenvalue weighted by Gasteiger charge is -2.13. The Morgan fingerprint density at radius 3 is 2.55 bits per heavy atom. The van der Waals surface area contributed by atoms with E-state index >= 15 is 0 Å². The number of anilines is 4. The molecule has 0 saturated heterocycles. The van der Waals surface area contributed by atoms with Gasteiger partial charge in [-0.05, 0) is 41.8 Å². The Hall–Kier alpha value is -4.27. The predicted molar refractivity (Wildman–Crippen MR) is 111 cm³/mol. The SMILES string of the molecule is Cn1ccc2cc(Nc3cnccn3)nc(Nc3ccc(C(N)=O)cc3)c2c1=O. The fourth-order valence-electron chi connectivity index (χ4n) is 2.86. The van der Waals surface area contributed by atoms with Crippen LogP contribution in [-0.2, 0) is 7.05 Å². The molecule has 0 spiro atoms. The fraction of sp³-hybridized carbons (Fsp3) is 0.0500. The Morgan fingerprint density at radius 1 is 1.07 bits per heavy atom. The standard InChI is InChI=1S/C20H17N7O2/c1-27-9-6-13-10-15(25-16-11-22-7-8-23-16)26-19(17(13)20(27)29)24-14-4-2-12(3-5-14)18(21)28/h2-11H,1H3,(H2,21,28)(H2,23,24,25,26). The Morgan fingerprint density at radius 2 is 1.86 bits per heavy atom. The van der Waals surface area contributed by atoms with Crippen molar-refractivity contribution in [2.75, 3.05) is 10.6 Å². The molecular formula is C20H17N7O2. The Labute approximate surface area is 165 Å². The molecule has 0 aliphatic carbocycles. The Bertz CT molecular complexity index is 1250. The molecule has 1 aromatic carbocycles. The van der Waals surface area contributed by atoms with E-state index in [0.29, 0.717) is 39.5 Å². The number of rotatable bonds is 5. The first-order chi connectivity index (χ1) is 14.0. The van der Waals surface area contributed by atoms with Gasteiger partial charge in [-0.15, -0.1) is 0 Å². The van der Waals surface area contributed by atoms with Crippen molar-refractivity contribution in [2.24, 2.45) is 12.8 Å². The second-order valence-electron chi connectivity index (χ2n) is 6.33. The predicted octanol–water partition coefficient (Wildman–Crippen LogP) is 2.31. The maximum atomic E-state index is 12.7. The normalized spacial score (nSPS) is 10.7. The molecule has 1 amide bonds. The molecule has 0 unspecified atom stereocenters. The van der Waals surface area contributed by atoms with Gasteiger partial charge in [-0.25, -0.2) is 9.97 Å². The Kier molecular flexibility index (Phi) is 4.62. The monoisotopic (exact) mass is 387 g/mol. The van der Waals surface area contributed by atoms with E-state index in [1.54, 1.807) is 62.2 Å². The van der Waals surface area contributed by atoms with Crippen molar-refractivity contribution in [3.05, 3.63) is 77.1 Å². The van der Waals surface area contributed by atoms with Crippen LogP contribution in [0.25, 0.3) is 10.8 Å². The average Bonchev–Trinajstić information content (AvgIpc) is 2.72. The molecule has 0 radical (unpaired) electrons. The molecule has 9 nitrogen and oxygen atoms in total. The third kappa shape index (κ3) is 3.74. The van der Waals surface area contributed by atoms with Crippen LogP contribution in [0, 0.1) is 0 Å². The van der Waals surface area contributed by atoms with Crippen LogP contribution in [-0.4, -0.2) is 25.4 Å². The number of amides is 1. The van der Waals surface area contributed by atoms with E-state index in [1.165, 1.54) is 4.57 Å². The van der Waals surface area contributed by atoms with Gasteiger partial charge in [0, 0.05) is 36.9 Å². The summed E-state index contributed by atoms with van der Waals surface area (Å²) in [4.78, 5) is 36.8. The number of primary amides is 1. The molecule has 0 bridgehead atoms. The number of fused-ring (bicyclic) bond motifs is 1. The molecule has 4 rings (SSSR count). The van der Waals surface area contributed by atoms with Crippen molar-refractivity contribution in [1.29, 1.82) is 0 Å². The minimum atomic E-state index is -0.510. The fourth-order valence-corrected chi connectivity index (χ4v) is 2.86. The van der Waals surface area contributed by atoms with Crippen molar-refractivity contribution in [3.8, 4) is 0 Å². The quantitative estimate of drug-likeness (QED) is 0.479. The lowest BCUT2D eigenvalue weighted by molar-refractivity contribution is 0.100. The van der Waals surface area contributed by atoms with Crippen molar-refractivity contribution >= 4 is 39.8 Å². The summed E-state index contributed by atoms with van der Waals surface area (Å²) in [5.74, 6) is 0.897. The zero-order valence-electron chi connectivity index (χ0n) is 15.5. The van der Waals surface area contributed by atoms with Crippen LogP contribution in [0.15, 0.2) is 66.0 Å². The highest BCUT2D eigenvalue weighted by Crippen LogP contribution is 2.26. The van der Waals surface area contributed by atoms with Crippen molar-refractivity contribution in [2.45, 2.75) is 0 Å². The van der Waals surface area contributed by atoms with Gasteiger partial charge < -0.3 is 20.9 Å². The first-order valence-electron chi connectivity index (χ1n) is 8.71. The Balaban J connectivity index is 1.80. The van der Waals surface area contributed by atoms with Gasteiger partial charge >= 0.3 is 0 Å². The summed E-state index contributed by atoms with van der Waals surface area (Å²) in [5, 5.41) is 7.40. The van der Waals surface area contributed by atoms with E-state index in [1.807, 2.05) is 6.07 Å². The molecule has 0 atom stereocenters. The third-order valence-electron chi connectivity index (χ3n) is 4.31. The average molecular weight is 387 g/mol. The number of carbonyl (C=O) groups is 1. The molecular weight excluding hydrogens is 370 g/mol. The highest BCUT2D eigenvalue weighted by atomic mass is 16.1. The van der Waals surface area contributed by atoms with Gasteiger partial charge in [-0.3, -0.25) is 14.6 Å². The minimum absolute atomic E-state index is 0.183. The van der Waals surface area contributed by atoms with Crippen LogP contribution in [0.4, 0.5) is 23.1 Å². The molecule has 3 aromatic heterocycles. The summed E-state index contributed by atoms with van der Waals surface area (Å²) in [5.41, 5.74) is 6.15. The number of nitrogens with two attached hydrogens (primary N) is 1. The summed E-state index contributed by atoms with van der Waals surface area (Å²) in [6, 6.07) is 10.2. The maximum Gasteiger partial charge on any atom is 0.261 e. The van der Waals surface area contributed by atoms with E-state index in [0.717, 1.165) is 0 Å². The van der Waals surface area contributed by atoms with Crippen molar-refractivity contribution in [3.63, 3.8) is 0 Å². The molecule has 29 heavy (non-hydrogen) atoms. The zero-order chi connectivity index (χ0) is 20.4. The van der Waals surface area contributed by atoms with E-state index in [2.05, 4.69) is 25.6 Å². The number of benzene rings is 1. The summed E-state index contributed by atoms with van der Waals surface area (Å²) >= 11 is 0. The summed E-state index contributed by atoms with van der Waals surface area (Å²) in [6.07, 6.45) is 6.41. The molecule has 144 valence electrons. The van der Waals surface area contributed by atoms with Gasteiger partial charge in [0.05, 0.1) is 11.6 Å². The number of pyridine rings is 2. The van der Waals surface area contributed by atoms with E-state index in [4.69, 9.17) is 5.73 Å². The second-order valence-corrected chi connectivity index (χ2v) is 6.33. The molecule has 3 heterocycles. The van der Waals surface area contributed by atoms with Crippen LogP contribution in [0.2, 0.25) is 0 Å². The van der Waals surface area contributed by atoms with Crippen LogP contribution in [0.3, 0.4) is 0 Å². The van der Waals surface area contributed by atoms with Gasteiger partial charge in [0.2, 0.25) is 5.91 Å². The molecule has 0 saturated carbocycles. The number of aryl methyl sites for hydroxylation is 1. The summed E-state index contributed by atoms with van der Waals surface area (Å²) in [6.45, 7) is 0. The number of carbonyl (C=O) groups excluding carboxylic acids is 1. The maximum absolute atomic E-state index is 12.7. The minimum Gasteiger partial charge on any atom is -0.366 e. The van der Waals surface area contributed by atoms with E-state index < -0.39 is 5.91 Å². The van der Waals surface area contributed by atoms with E-state index in [-0.39, 0.29) is 5.56 Å². The van der Waals surface area contributed by atoms with Crippen molar-refractivity contribution < 1.29 is 4.79 Å². The highest BCUT2D eigenvalue weighted by molar-refractivity contribution is 5.95. The number of hydrogen-bond acceptors (Lipinski definition) is 7. The van der Waals surface area contributed by atoms with Crippen molar-refractivity contribution in [1.82, 2.24) is 19.5 Å². The van der Waals surface area contributed by atoms with Crippen LogP contribution in [0.5, 0.6) is 0 Å². The largest absolute Gasteiger partial charge is 0.366 e.